The fourth-order valence-corrected chi connectivity index (χ4v) is 5.56. The van der Waals surface area contributed by atoms with E-state index in [2.05, 4.69) is 19.6 Å². The molecule has 0 atom stereocenters. The van der Waals surface area contributed by atoms with Crippen LogP contribution in [0.5, 0.6) is 5.88 Å². The van der Waals surface area contributed by atoms with E-state index in [9.17, 15) is 9.59 Å². The molecule has 5 rings (SSSR count). The Balaban J connectivity index is 1.20. The molecular formula is C32H41N7O5. The SMILES string of the molecule is COC(=O)c1cc(C)nc(-c2cnn(C)c2OCCCCCn2c(N)nc3ccc4c(c32)CCN(C(=O)OC(C)(C)C)C4)c1. The van der Waals surface area contributed by atoms with Crippen molar-refractivity contribution in [3.8, 4) is 17.1 Å². The van der Waals surface area contributed by atoms with E-state index in [1.807, 2.05) is 46.9 Å². The number of amides is 1. The summed E-state index contributed by atoms with van der Waals surface area (Å²) in [5, 5.41) is 4.35. The second-order valence-corrected chi connectivity index (χ2v) is 12.1. The molecular weight excluding hydrogens is 562 g/mol. The molecule has 0 radical (unpaired) electrons. The summed E-state index contributed by atoms with van der Waals surface area (Å²) in [7, 11) is 3.17. The molecule has 0 unspecified atom stereocenters. The summed E-state index contributed by atoms with van der Waals surface area (Å²) in [6, 6.07) is 7.40. The van der Waals surface area contributed by atoms with E-state index in [0.29, 0.717) is 54.0 Å². The van der Waals surface area contributed by atoms with Crippen molar-refractivity contribution < 1.29 is 23.8 Å². The zero-order valence-corrected chi connectivity index (χ0v) is 26.3. The Morgan fingerprint density at radius 2 is 1.89 bits per heavy atom. The lowest BCUT2D eigenvalue weighted by Crippen LogP contribution is -2.40. The number of nitrogen functional groups attached to an aromatic ring is 1. The van der Waals surface area contributed by atoms with Crippen LogP contribution < -0.4 is 10.5 Å². The van der Waals surface area contributed by atoms with Gasteiger partial charge < -0.3 is 29.4 Å². The third-order valence-electron chi connectivity index (χ3n) is 7.58. The molecule has 1 aromatic carbocycles. The number of hydrogen-bond acceptors (Lipinski definition) is 9. The molecule has 234 valence electrons. The standard InChI is InChI=1S/C32H41N7O5/c1-20-16-22(29(40)42-6)17-26(35-20)24-18-34-37(5)28(24)43-15-9-7-8-13-39-27-23-12-14-38(31(41)44-32(2,3)4)19-21(23)10-11-25(27)36-30(39)33/h10-11,16-18H,7-9,12-15,19H2,1-6H3,(H2,33,36). The quantitative estimate of drug-likeness (QED) is 0.206. The number of benzene rings is 1. The Bertz CT molecular complexity index is 1680. The average Bonchev–Trinajstić information content (AvgIpc) is 3.51. The third kappa shape index (κ3) is 6.63. The maximum atomic E-state index is 12.7. The number of unbranched alkanes of at least 4 members (excludes halogenated alkanes) is 2. The molecule has 4 aromatic rings. The van der Waals surface area contributed by atoms with E-state index in [1.165, 1.54) is 12.7 Å². The van der Waals surface area contributed by atoms with Gasteiger partial charge in [-0.3, -0.25) is 4.98 Å². The van der Waals surface area contributed by atoms with Crippen molar-refractivity contribution in [2.45, 2.75) is 72.1 Å². The molecule has 0 aliphatic carbocycles. The van der Waals surface area contributed by atoms with Gasteiger partial charge in [0.15, 0.2) is 0 Å². The third-order valence-corrected chi connectivity index (χ3v) is 7.58. The fourth-order valence-electron chi connectivity index (χ4n) is 5.56. The number of aryl methyl sites for hydroxylation is 3. The van der Waals surface area contributed by atoms with E-state index < -0.39 is 11.6 Å². The van der Waals surface area contributed by atoms with Crippen LogP contribution in [0.4, 0.5) is 10.7 Å². The molecule has 0 bridgehead atoms. The average molecular weight is 604 g/mol. The van der Waals surface area contributed by atoms with Crippen LogP contribution in [0.25, 0.3) is 22.3 Å². The molecule has 0 spiro atoms. The van der Waals surface area contributed by atoms with E-state index in [-0.39, 0.29) is 6.09 Å². The van der Waals surface area contributed by atoms with Gasteiger partial charge in [-0.1, -0.05) is 6.07 Å². The smallest absolute Gasteiger partial charge is 0.410 e. The van der Waals surface area contributed by atoms with Crippen LogP contribution in [0.3, 0.4) is 0 Å². The van der Waals surface area contributed by atoms with E-state index in [4.69, 9.17) is 19.9 Å². The Kier molecular flexibility index (Phi) is 8.80. The first-order valence-electron chi connectivity index (χ1n) is 14.9. The number of nitrogens with two attached hydrogens (primary N) is 1. The first-order valence-corrected chi connectivity index (χ1v) is 14.9. The minimum atomic E-state index is -0.534. The molecule has 2 N–H and O–H groups in total. The Morgan fingerprint density at radius 1 is 1.09 bits per heavy atom. The summed E-state index contributed by atoms with van der Waals surface area (Å²) >= 11 is 0. The molecule has 4 heterocycles. The van der Waals surface area contributed by atoms with Crippen LogP contribution >= 0.6 is 0 Å². The monoisotopic (exact) mass is 603 g/mol. The van der Waals surface area contributed by atoms with Crippen molar-refractivity contribution in [3.05, 3.63) is 52.8 Å². The van der Waals surface area contributed by atoms with E-state index >= 15 is 0 Å². The lowest BCUT2D eigenvalue weighted by Gasteiger charge is -2.31. The number of rotatable bonds is 9. The first kappa shape index (κ1) is 30.8. The number of pyridine rings is 1. The summed E-state index contributed by atoms with van der Waals surface area (Å²) in [5.74, 6) is 0.671. The predicted octanol–water partition coefficient (Wildman–Crippen LogP) is 5.05. The number of hydrogen-bond donors (Lipinski definition) is 1. The number of anilines is 1. The number of ether oxygens (including phenoxy) is 3. The number of esters is 1. The number of imidazole rings is 1. The maximum absolute atomic E-state index is 12.7. The minimum absolute atomic E-state index is 0.294. The molecule has 1 aliphatic heterocycles. The summed E-state index contributed by atoms with van der Waals surface area (Å²) in [5.41, 5.74) is 12.5. The highest BCUT2D eigenvalue weighted by atomic mass is 16.6. The van der Waals surface area contributed by atoms with Gasteiger partial charge in [0.1, 0.15) is 5.60 Å². The summed E-state index contributed by atoms with van der Waals surface area (Å²) < 4.78 is 20.4. The van der Waals surface area contributed by atoms with Crippen LogP contribution in [0.2, 0.25) is 0 Å². The highest BCUT2D eigenvalue weighted by molar-refractivity contribution is 5.91. The topological polar surface area (TPSA) is 140 Å². The summed E-state index contributed by atoms with van der Waals surface area (Å²) in [4.78, 5) is 35.7. The van der Waals surface area contributed by atoms with Crippen molar-refractivity contribution in [1.29, 1.82) is 0 Å². The van der Waals surface area contributed by atoms with Crippen molar-refractivity contribution in [1.82, 2.24) is 29.2 Å². The predicted molar refractivity (Wildman–Crippen MR) is 166 cm³/mol. The van der Waals surface area contributed by atoms with Crippen molar-refractivity contribution in [2.75, 3.05) is 26.0 Å². The number of nitrogens with zero attached hydrogens (tertiary/aromatic N) is 6. The van der Waals surface area contributed by atoms with Gasteiger partial charge in [-0.25, -0.2) is 19.3 Å². The molecule has 1 amide bonds. The van der Waals surface area contributed by atoms with Gasteiger partial charge in [0.05, 0.1) is 47.8 Å². The largest absolute Gasteiger partial charge is 0.477 e. The highest BCUT2D eigenvalue weighted by Gasteiger charge is 2.28. The molecule has 3 aromatic heterocycles. The number of aromatic nitrogens is 5. The van der Waals surface area contributed by atoms with Crippen LogP contribution in [-0.2, 0) is 36.0 Å². The van der Waals surface area contributed by atoms with Gasteiger partial charge in [0.2, 0.25) is 11.8 Å². The normalized spacial score (nSPS) is 13.2. The summed E-state index contributed by atoms with van der Waals surface area (Å²) in [6.45, 7) is 9.78. The lowest BCUT2D eigenvalue weighted by molar-refractivity contribution is 0.0224. The molecule has 0 fully saturated rings. The lowest BCUT2D eigenvalue weighted by atomic mass is 9.98. The second kappa shape index (κ2) is 12.6. The van der Waals surface area contributed by atoms with Crippen LogP contribution in [-0.4, -0.2) is 67.1 Å². The fraction of sp³-hybridized carbons (Fsp3) is 0.469. The molecule has 12 nitrogen and oxygen atoms in total. The van der Waals surface area contributed by atoms with Gasteiger partial charge in [-0.2, -0.15) is 5.10 Å². The maximum Gasteiger partial charge on any atom is 0.410 e. The molecule has 0 saturated carbocycles. The van der Waals surface area contributed by atoms with E-state index in [0.717, 1.165) is 48.8 Å². The molecule has 44 heavy (non-hydrogen) atoms. The van der Waals surface area contributed by atoms with Crippen LogP contribution in [0.15, 0.2) is 30.5 Å². The van der Waals surface area contributed by atoms with Crippen molar-refractivity contribution in [2.24, 2.45) is 7.05 Å². The van der Waals surface area contributed by atoms with Gasteiger partial charge in [0.25, 0.3) is 0 Å². The van der Waals surface area contributed by atoms with Crippen molar-refractivity contribution >= 4 is 29.0 Å². The number of carbonyl (C=O) groups is 2. The second-order valence-electron chi connectivity index (χ2n) is 12.1. The van der Waals surface area contributed by atoms with Gasteiger partial charge >= 0.3 is 12.1 Å². The van der Waals surface area contributed by atoms with Gasteiger partial charge in [0, 0.05) is 32.4 Å². The summed E-state index contributed by atoms with van der Waals surface area (Å²) in [6.07, 6.45) is 4.76. The number of methoxy groups -OCH3 is 1. The van der Waals surface area contributed by atoms with Crippen molar-refractivity contribution in [3.63, 3.8) is 0 Å². The molecule has 12 heteroatoms. The first-order chi connectivity index (χ1) is 20.9. The Labute approximate surface area is 257 Å². The Hall–Kier alpha value is -4.61. The minimum Gasteiger partial charge on any atom is -0.477 e. The van der Waals surface area contributed by atoms with Crippen LogP contribution in [0.1, 0.15) is 67.2 Å². The van der Waals surface area contributed by atoms with Gasteiger partial charge in [-0.05, 0) is 82.7 Å². The van der Waals surface area contributed by atoms with E-state index in [1.54, 1.807) is 27.9 Å². The zero-order valence-electron chi connectivity index (χ0n) is 26.3. The van der Waals surface area contributed by atoms with Crippen LogP contribution in [0, 0.1) is 6.92 Å². The number of fused-ring (bicyclic) bond motifs is 3. The number of carbonyl (C=O) groups excluding carboxylic acids is 2. The zero-order chi connectivity index (χ0) is 31.6. The Morgan fingerprint density at radius 3 is 2.64 bits per heavy atom. The molecule has 0 saturated heterocycles. The molecule has 1 aliphatic rings. The van der Waals surface area contributed by atoms with Gasteiger partial charge in [-0.15, -0.1) is 0 Å². The highest BCUT2D eigenvalue weighted by Crippen LogP contribution is 2.31.